The lowest BCUT2D eigenvalue weighted by molar-refractivity contribution is -0.151. The minimum atomic E-state index is -0.925. The Bertz CT molecular complexity index is 961. The molecule has 1 aromatic rings. The SMILES string of the molecule is COCCOC(=O)C1=C(C)NC2=C(C(=O)[C@H](C(=O)OC)[C@@H](C)C2)[C@@H]1c1ccc(OC)cc1. The molecule has 1 aliphatic heterocycles. The fraction of sp³-hybridized carbons (Fsp3) is 0.458. The van der Waals surface area contributed by atoms with Crippen LogP contribution in [0.1, 0.15) is 31.7 Å². The molecule has 0 amide bonds. The Labute approximate surface area is 187 Å². The van der Waals surface area contributed by atoms with Crippen molar-refractivity contribution in [2.45, 2.75) is 26.2 Å². The number of rotatable bonds is 7. The average Bonchev–Trinajstić information content (AvgIpc) is 2.78. The van der Waals surface area contributed by atoms with Crippen molar-refractivity contribution in [3.63, 3.8) is 0 Å². The summed E-state index contributed by atoms with van der Waals surface area (Å²) >= 11 is 0. The first-order valence-electron chi connectivity index (χ1n) is 10.5. The summed E-state index contributed by atoms with van der Waals surface area (Å²) in [5.74, 6) is -2.64. The van der Waals surface area contributed by atoms with Gasteiger partial charge >= 0.3 is 11.9 Å². The van der Waals surface area contributed by atoms with Gasteiger partial charge in [-0.3, -0.25) is 9.59 Å². The van der Waals surface area contributed by atoms with E-state index in [1.165, 1.54) is 14.2 Å². The molecule has 172 valence electrons. The molecule has 2 aliphatic rings. The van der Waals surface area contributed by atoms with Gasteiger partial charge in [-0.2, -0.15) is 0 Å². The minimum Gasteiger partial charge on any atom is -0.497 e. The van der Waals surface area contributed by atoms with Crippen LogP contribution in [-0.4, -0.2) is 52.3 Å². The molecule has 0 aromatic heterocycles. The highest BCUT2D eigenvalue weighted by atomic mass is 16.6. The molecule has 32 heavy (non-hydrogen) atoms. The van der Waals surface area contributed by atoms with E-state index < -0.39 is 23.8 Å². The second-order valence-corrected chi connectivity index (χ2v) is 7.94. The molecule has 8 heteroatoms. The lowest BCUT2D eigenvalue weighted by Gasteiger charge is -2.38. The number of esters is 2. The van der Waals surface area contributed by atoms with Crippen molar-refractivity contribution in [2.75, 3.05) is 34.5 Å². The standard InChI is InChI=1S/C24H29NO7/c1-13-12-17-21(22(26)18(13)23(27)31-5)20(15-6-8-16(30-4)9-7-15)19(14(2)25-17)24(28)32-11-10-29-3/h6-9,13,18,20,25H,10-12H2,1-5H3/t13-,18+,20+/m0/s1. The summed E-state index contributed by atoms with van der Waals surface area (Å²) in [5, 5.41) is 3.23. The summed E-state index contributed by atoms with van der Waals surface area (Å²) in [5.41, 5.74) is 2.78. The average molecular weight is 443 g/mol. The second kappa shape index (κ2) is 9.99. The Balaban J connectivity index is 2.11. The number of benzene rings is 1. The fourth-order valence-electron chi connectivity index (χ4n) is 4.38. The van der Waals surface area contributed by atoms with Crippen molar-refractivity contribution in [1.29, 1.82) is 0 Å². The van der Waals surface area contributed by atoms with E-state index in [0.29, 0.717) is 29.0 Å². The largest absolute Gasteiger partial charge is 0.497 e. The molecule has 8 nitrogen and oxygen atoms in total. The van der Waals surface area contributed by atoms with Crippen LogP contribution < -0.4 is 10.1 Å². The number of hydrogen-bond acceptors (Lipinski definition) is 8. The van der Waals surface area contributed by atoms with Gasteiger partial charge in [0.05, 0.1) is 26.4 Å². The molecule has 0 saturated heterocycles. The first kappa shape index (κ1) is 23.5. The van der Waals surface area contributed by atoms with E-state index in [2.05, 4.69) is 5.32 Å². The van der Waals surface area contributed by atoms with Crippen LogP contribution in [-0.2, 0) is 28.6 Å². The zero-order valence-electron chi connectivity index (χ0n) is 19.0. The van der Waals surface area contributed by atoms with Gasteiger partial charge in [0, 0.05) is 30.0 Å². The van der Waals surface area contributed by atoms with E-state index in [-0.39, 0.29) is 24.9 Å². The lowest BCUT2D eigenvalue weighted by Crippen LogP contribution is -2.43. The smallest absolute Gasteiger partial charge is 0.336 e. The summed E-state index contributed by atoms with van der Waals surface area (Å²) in [6, 6.07) is 7.17. The predicted octanol–water partition coefficient (Wildman–Crippen LogP) is 2.50. The Morgan fingerprint density at radius 2 is 1.78 bits per heavy atom. The molecule has 3 atom stereocenters. The van der Waals surface area contributed by atoms with Crippen LogP contribution in [0.3, 0.4) is 0 Å². The molecular weight excluding hydrogens is 414 g/mol. The van der Waals surface area contributed by atoms with Gasteiger partial charge in [0.2, 0.25) is 0 Å². The number of allylic oxidation sites excluding steroid dienone is 3. The van der Waals surface area contributed by atoms with Gasteiger partial charge < -0.3 is 24.3 Å². The van der Waals surface area contributed by atoms with E-state index in [9.17, 15) is 14.4 Å². The van der Waals surface area contributed by atoms with Crippen LogP contribution in [0.25, 0.3) is 0 Å². The third kappa shape index (κ3) is 4.41. The van der Waals surface area contributed by atoms with E-state index in [1.807, 2.05) is 19.1 Å². The van der Waals surface area contributed by atoms with Crippen molar-refractivity contribution in [2.24, 2.45) is 11.8 Å². The Kier molecular flexibility index (Phi) is 7.35. The number of hydrogen-bond donors (Lipinski definition) is 1. The van der Waals surface area contributed by atoms with Gasteiger partial charge in [-0.15, -0.1) is 0 Å². The number of dihydropyridines is 1. The molecule has 3 rings (SSSR count). The van der Waals surface area contributed by atoms with Crippen LogP contribution in [0.5, 0.6) is 5.75 Å². The molecule has 1 heterocycles. The molecule has 0 saturated carbocycles. The normalized spacial score (nSPS) is 22.8. The molecule has 0 spiro atoms. The van der Waals surface area contributed by atoms with Crippen molar-refractivity contribution in [3.05, 3.63) is 52.4 Å². The maximum absolute atomic E-state index is 13.6. The molecule has 1 aliphatic carbocycles. The molecular formula is C24H29NO7. The van der Waals surface area contributed by atoms with Gasteiger partial charge in [0.1, 0.15) is 18.3 Å². The molecule has 1 aromatic carbocycles. The van der Waals surface area contributed by atoms with Crippen molar-refractivity contribution in [1.82, 2.24) is 5.32 Å². The van der Waals surface area contributed by atoms with E-state index in [0.717, 1.165) is 11.3 Å². The third-order valence-corrected chi connectivity index (χ3v) is 5.93. The number of methoxy groups -OCH3 is 3. The zero-order chi connectivity index (χ0) is 23.4. The molecule has 0 bridgehead atoms. The van der Waals surface area contributed by atoms with Crippen LogP contribution in [0, 0.1) is 11.8 Å². The predicted molar refractivity (Wildman–Crippen MR) is 116 cm³/mol. The first-order chi connectivity index (χ1) is 15.3. The maximum atomic E-state index is 13.6. The minimum absolute atomic E-state index is 0.0864. The Morgan fingerprint density at radius 3 is 2.38 bits per heavy atom. The summed E-state index contributed by atoms with van der Waals surface area (Å²) in [4.78, 5) is 39.1. The number of ketones is 1. The number of ether oxygens (including phenoxy) is 4. The number of Topliss-reactive ketones (excluding diaryl/α,β-unsaturated/α-hetero) is 1. The van der Waals surface area contributed by atoms with Gasteiger partial charge in [0.15, 0.2) is 5.78 Å². The van der Waals surface area contributed by atoms with Gasteiger partial charge in [-0.05, 0) is 37.0 Å². The second-order valence-electron chi connectivity index (χ2n) is 7.94. The van der Waals surface area contributed by atoms with Crippen LogP contribution in [0.15, 0.2) is 46.8 Å². The van der Waals surface area contributed by atoms with Crippen LogP contribution in [0.2, 0.25) is 0 Å². The zero-order valence-corrected chi connectivity index (χ0v) is 19.0. The van der Waals surface area contributed by atoms with E-state index in [4.69, 9.17) is 18.9 Å². The number of carbonyl (C=O) groups excluding carboxylic acids is 3. The molecule has 0 unspecified atom stereocenters. The lowest BCUT2D eigenvalue weighted by atomic mass is 9.69. The fourth-order valence-corrected chi connectivity index (χ4v) is 4.38. The monoisotopic (exact) mass is 443 g/mol. The highest BCUT2D eigenvalue weighted by Gasteiger charge is 2.47. The summed E-state index contributed by atoms with van der Waals surface area (Å²) < 4.78 is 20.5. The Hall–Kier alpha value is -3.13. The summed E-state index contributed by atoms with van der Waals surface area (Å²) in [7, 11) is 4.36. The van der Waals surface area contributed by atoms with Crippen molar-refractivity contribution in [3.8, 4) is 5.75 Å². The quantitative estimate of drug-likeness (QED) is 0.390. The van der Waals surface area contributed by atoms with Crippen LogP contribution >= 0.6 is 0 Å². The summed E-state index contributed by atoms with van der Waals surface area (Å²) in [6.45, 7) is 3.98. The topological polar surface area (TPSA) is 100 Å². The molecule has 0 fully saturated rings. The van der Waals surface area contributed by atoms with Crippen molar-refractivity contribution >= 4 is 17.7 Å². The molecule has 1 N–H and O–H groups in total. The third-order valence-electron chi connectivity index (χ3n) is 5.93. The van der Waals surface area contributed by atoms with Crippen LogP contribution in [0.4, 0.5) is 0 Å². The van der Waals surface area contributed by atoms with E-state index >= 15 is 0 Å². The maximum Gasteiger partial charge on any atom is 0.336 e. The van der Waals surface area contributed by atoms with Gasteiger partial charge in [-0.25, -0.2) is 4.79 Å². The molecule has 0 radical (unpaired) electrons. The first-order valence-corrected chi connectivity index (χ1v) is 10.5. The summed E-state index contributed by atoms with van der Waals surface area (Å²) in [6.07, 6.45) is 0.483. The van der Waals surface area contributed by atoms with Crippen molar-refractivity contribution < 1.29 is 33.3 Å². The number of nitrogens with one attached hydrogen (secondary N) is 1. The highest BCUT2D eigenvalue weighted by Crippen LogP contribution is 2.45. The Morgan fingerprint density at radius 1 is 1.09 bits per heavy atom. The highest BCUT2D eigenvalue weighted by molar-refractivity contribution is 6.12. The van der Waals surface area contributed by atoms with E-state index in [1.54, 1.807) is 26.2 Å². The number of carbonyl (C=O) groups is 3. The van der Waals surface area contributed by atoms with Gasteiger partial charge in [-0.1, -0.05) is 19.1 Å². The van der Waals surface area contributed by atoms with Gasteiger partial charge in [0.25, 0.3) is 0 Å².